The van der Waals surface area contributed by atoms with Crippen LogP contribution in [0.2, 0.25) is 5.02 Å². The van der Waals surface area contributed by atoms with Crippen LogP contribution < -0.4 is 15.0 Å². The van der Waals surface area contributed by atoms with E-state index in [0.717, 1.165) is 16.0 Å². The number of rotatable bonds is 4. The molecule has 7 heteroatoms. The fraction of sp³-hybridized carbons (Fsp3) is 0.158. The van der Waals surface area contributed by atoms with Gasteiger partial charge in [0.1, 0.15) is 16.5 Å². The lowest BCUT2D eigenvalue weighted by molar-refractivity contribution is -0.120. The van der Waals surface area contributed by atoms with Crippen LogP contribution in [0.25, 0.3) is 0 Å². The number of anilines is 2. The van der Waals surface area contributed by atoms with E-state index in [1.807, 2.05) is 26.0 Å². The van der Waals surface area contributed by atoms with Crippen molar-refractivity contribution in [1.82, 2.24) is 0 Å². The summed E-state index contributed by atoms with van der Waals surface area (Å²) in [5.41, 5.74) is 2.89. The summed E-state index contributed by atoms with van der Waals surface area (Å²) in [6, 6.07) is 10.4. The topological polar surface area (TPSA) is 58.6 Å². The molecule has 0 unspecified atom stereocenters. The largest absolute Gasteiger partial charge is 0.495 e. The maximum absolute atomic E-state index is 12.8. The summed E-state index contributed by atoms with van der Waals surface area (Å²) >= 11 is 12.2. The fourth-order valence-corrected chi connectivity index (χ4v) is 3.25. The van der Waals surface area contributed by atoms with Crippen molar-refractivity contribution in [2.45, 2.75) is 13.8 Å². The average molecular weight is 391 g/mol. The minimum absolute atomic E-state index is 0.0119. The molecule has 0 saturated carbocycles. The van der Waals surface area contributed by atoms with E-state index in [0.29, 0.717) is 22.1 Å². The predicted molar refractivity (Wildman–Crippen MR) is 103 cm³/mol. The van der Waals surface area contributed by atoms with Crippen molar-refractivity contribution >= 4 is 46.4 Å². The van der Waals surface area contributed by atoms with Crippen LogP contribution >= 0.6 is 23.2 Å². The Morgan fingerprint density at radius 1 is 1.00 bits per heavy atom. The first-order chi connectivity index (χ1) is 12.3. The number of aryl methyl sites for hydroxylation is 2. The van der Waals surface area contributed by atoms with Crippen LogP contribution in [0.15, 0.2) is 47.1 Å². The Kier molecular flexibility index (Phi) is 4.94. The number of benzene rings is 2. The number of carbonyl (C=O) groups is 2. The van der Waals surface area contributed by atoms with Gasteiger partial charge in [-0.2, -0.15) is 0 Å². The molecule has 0 spiro atoms. The molecule has 2 amide bonds. The van der Waals surface area contributed by atoms with E-state index < -0.39 is 11.8 Å². The van der Waals surface area contributed by atoms with Crippen LogP contribution in [0.5, 0.6) is 5.75 Å². The van der Waals surface area contributed by atoms with Crippen molar-refractivity contribution in [2.75, 3.05) is 17.3 Å². The fourth-order valence-electron chi connectivity index (χ4n) is 2.77. The van der Waals surface area contributed by atoms with E-state index in [1.165, 1.54) is 7.11 Å². The van der Waals surface area contributed by atoms with E-state index in [2.05, 4.69) is 5.32 Å². The molecule has 2 aromatic rings. The van der Waals surface area contributed by atoms with Gasteiger partial charge in [0, 0.05) is 5.69 Å². The van der Waals surface area contributed by atoms with Crippen LogP contribution in [-0.2, 0) is 9.59 Å². The molecule has 0 atom stereocenters. The number of nitrogens with one attached hydrogen (secondary N) is 1. The molecular weight excluding hydrogens is 375 g/mol. The first-order valence-corrected chi connectivity index (χ1v) is 8.55. The lowest BCUT2D eigenvalue weighted by atomic mass is 10.1. The van der Waals surface area contributed by atoms with Crippen LogP contribution in [0.4, 0.5) is 11.4 Å². The number of halogens is 2. The van der Waals surface area contributed by atoms with Crippen LogP contribution in [0.1, 0.15) is 11.1 Å². The van der Waals surface area contributed by atoms with E-state index in [9.17, 15) is 9.59 Å². The van der Waals surface area contributed by atoms with Crippen LogP contribution in [0.3, 0.4) is 0 Å². The second kappa shape index (κ2) is 7.02. The molecule has 1 N–H and O–H groups in total. The number of hydrogen-bond acceptors (Lipinski definition) is 4. The Bertz CT molecular complexity index is 954. The summed E-state index contributed by atoms with van der Waals surface area (Å²) in [5.74, 6) is -0.576. The van der Waals surface area contributed by atoms with E-state index in [4.69, 9.17) is 27.9 Å². The lowest BCUT2D eigenvalue weighted by Gasteiger charge is -2.18. The SMILES string of the molecule is COc1ccc(NC2=C(Cl)C(=O)N(c3ccc(C)cc3C)C2=O)cc1Cl. The van der Waals surface area contributed by atoms with Gasteiger partial charge in [0.25, 0.3) is 11.8 Å². The summed E-state index contributed by atoms with van der Waals surface area (Å²) in [6.45, 7) is 3.78. The highest BCUT2D eigenvalue weighted by molar-refractivity contribution is 6.53. The zero-order valence-electron chi connectivity index (χ0n) is 14.4. The van der Waals surface area contributed by atoms with Crippen LogP contribution in [0, 0.1) is 13.8 Å². The zero-order valence-corrected chi connectivity index (χ0v) is 15.9. The monoisotopic (exact) mass is 390 g/mol. The van der Waals surface area contributed by atoms with Gasteiger partial charge < -0.3 is 10.1 Å². The molecule has 0 fully saturated rings. The van der Waals surface area contributed by atoms with Gasteiger partial charge >= 0.3 is 0 Å². The molecular formula is C19H16Cl2N2O3. The lowest BCUT2D eigenvalue weighted by Crippen LogP contribution is -2.32. The first-order valence-electron chi connectivity index (χ1n) is 7.80. The average Bonchev–Trinajstić information content (AvgIpc) is 2.79. The molecule has 5 nitrogen and oxygen atoms in total. The highest BCUT2D eigenvalue weighted by atomic mass is 35.5. The molecule has 0 bridgehead atoms. The molecule has 26 heavy (non-hydrogen) atoms. The summed E-state index contributed by atoms with van der Waals surface area (Å²) in [6.07, 6.45) is 0. The molecule has 1 heterocycles. The van der Waals surface area contributed by atoms with Gasteiger partial charge in [-0.05, 0) is 43.7 Å². The van der Waals surface area contributed by atoms with Crippen molar-refractivity contribution in [3.05, 3.63) is 63.3 Å². The molecule has 0 aliphatic carbocycles. The standard InChI is InChI=1S/C19H16Cl2N2O3/c1-10-4-6-14(11(2)8-10)23-18(24)16(21)17(19(23)25)22-12-5-7-15(26-3)13(20)9-12/h4-9,22H,1-3H3. The van der Waals surface area contributed by atoms with Gasteiger partial charge in [-0.3, -0.25) is 9.59 Å². The van der Waals surface area contributed by atoms with Gasteiger partial charge in [-0.15, -0.1) is 0 Å². The molecule has 134 valence electrons. The third kappa shape index (κ3) is 3.16. The first kappa shape index (κ1) is 18.3. The summed E-state index contributed by atoms with van der Waals surface area (Å²) in [4.78, 5) is 26.4. The number of amides is 2. The quantitative estimate of drug-likeness (QED) is 0.785. The highest BCUT2D eigenvalue weighted by Gasteiger charge is 2.39. The van der Waals surface area contributed by atoms with Gasteiger partial charge in [-0.1, -0.05) is 40.9 Å². The third-order valence-electron chi connectivity index (χ3n) is 4.04. The molecule has 1 aliphatic heterocycles. The Morgan fingerprint density at radius 2 is 1.73 bits per heavy atom. The van der Waals surface area contributed by atoms with Crippen LogP contribution in [-0.4, -0.2) is 18.9 Å². The number of nitrogens with zero attached hydrogens (tertiary/aromatic N) is 1. The Morgan fingerprint density at radius 3 is 2.35 bits per heavy atom. The highest BCUT2D eigenvalue weighted by Crippen LogP contribution is 2.33. The number of carbonyl (C=O) groups excluding carboxylic acids is 2. The summed E-state index contributed by atoms with van der Waals surface area (Å²) in [7, 11) is 1.51. The van der Waals surface area contributed by atoms with E-state index in [1.54, 1.807) is 24.3 Å². The Labute approximate surface area is 161 Å². The molecule has 0 aromatic heterocycles. The Hall–Kier alpha value is -2.50. The van der Waals surface area contributed by atoms with E-state index in [-0.39, 0.29) is 10.7 Å². The minimum Gasteiger partial charge on any atom is -0.495 e. The predicted octanol–water partition coefficient (Wildman–Crippen LogP) is 4.40. The number of imide groups is 1. The summed E-state index contributed by atoms with van der Waals surface area (Å²) in [5, 5.41) is 3.10. The maximum Gasteiger partial charge on any atom is 0.283 e. The molecule has 0 radical (unpaired) electrons. The third-order valence-corrected chi connectivity index (χ3v) is 4.69. The van der Waals surface area contributed by atoms with Crippen molar-refractivity contribution in [3.63, 3.8) is 0 Å². The van der Waals surface area contributed by atoms with Crippen molar-refractivity contribution in [1.29, 1.82) is 0 Å². The Balaban J connectivity index is 1.93. The molecule has 3 rings (SSSR count). The smallest absolute Gasteiger partial charge is 0.283 e. The van der Waals surface area contributed by atoms with Gasteiger partial charge in [-0.25, -0.2) is 4.90 Å². The van der Waals surface area contributed by atoms with E-state index >= 15 is 0 Å². The van der Waals surface area contributed by atoms with Gasteiger partial charge in [0.15, 0.2) is 0 Å². The molecule has 0 saturated heterocycles. The number of ether oxygens (including phenoxy) is 1. The number of methoxy groups -OCH3 is 1. The van der Waals surface area contributed by atoms with Gasteiger partial charge in [0.2, 0.25) is 0 Å². The number of hydrogen-bond donors (Lipinski definition) is 1. The second-order valence-corrected chi connectivity index (χ2v) is 6.68. The minimum atomic E-state index is -0.564. The zero-order chi connectivity index (χ0) is 19.0. The van der Waals surface area contributed by atoms with Crippen molar-refractivity contribution in [3.8, 4) is 5.75 Å². The second-order valence-electron chi connectivity index (χ2n) is 5.90. The molecule has 2 aromatic carbocycles. The maximum atomic E-state index is 12.8. The van der Waals surface area contributed by atoms with Gasteiger partial charge in [0.05, 0.1) is 17.8 Å². The molecule has 1 aliphatic rings. The van der Waals surface area contributed by atoms with Crippen molar-refractivity contribution < 1.29 is 14.3 Å². The van der Waals surface area contributed by atoms with Crippen molar-refractivity contribution in [2.24, 2.45) is 0 Å². The summed E-state index contributed by atoms with van der Waals surface area (Å²) < 4.78 is 5.10. The normalized spacial score (nSPS) is 14.3.